The molecule has 0 fully saturated rings. The van der Waals surface area contributed by atoms with Crippen LogP contribution in [-0.4, -0.2) is 10.7 Å². The number of benzene rings is 1. The second kappa shape index (κ2) is 7.54. The van der Waals surface area contributed by atoms with Crippen LogP contribution < -0.4 is 5.73 Å². The van der Waals surface area contributed by atoms with E-state index in [2.05, 4.69) is 0 Å². The fourth-order valence-electron chi connectivity index (χ4n) is 2.26. The quantitative estimate of drug-likeness (QED) is 0.207. The number of rotatable bonds is 7. The molecular formula is C17H14N2O4S2. The molecule has 0 saturated carbocycles. The highest BCUT2D eigenvalue weighted by atomic mass is 32.2. The van der Waals surface area contributed by atoms with Crippen molar-refractivity contribution in [3.05, 3.63) is 74.7 Å². The summed E-state index contributed by atoms with van der Waals surface area (Å²) in [5, 5.41) is 12.3. The first kappa shape index (κ1) is 17.2. The molecule has 0 aliphatic heterocycles. The number of hydrogen-bond donors (Lipinski definition) is 1. The lowest BCUT2D eigenvalue weighted by molar-refractivity contribution is -0.402. The molecule has 1 atom stereocenters. The van der Waals surface area contributed by atoms with Crippen molar-refractivity contribution in [1.82, 2.24) is 0 Å². The van der Waals surface area contributed by atoms with E-state index < -0.39 is 10.2 Å². The minimum atomic E-state index is -0.594. The summed E-state index contributed by atoms with van der Waals surface area (Å²) in [7, 11) is 0. The van der Waals surface area contributed by atoms with Crippen LogP contribution in [0.25, 0.3) is 0 Å². The van der Waals surface area contributed by atoms with Gasteiger partial charge in [0.05, 0.1) is 16.2 Å². The summed E-state index contributed by atoms with van der Waals surface area (Å²) in [6, 6.07) is 13.7. The van der Waals surface area contributed by atoms with E-state index in [1.807, 2.05) is 29.6 Å². The molecule has 128 valence electrons. The predicted molar refractivity (Wildman–Crippen MR) is 98.1 cm³/mol. The first-order chi connectivity index (χ1) is 12.0. The molecule has 25 heavy (non-hydrogen) atoms. The number of nitrogens with zero attached hydrogens (tertiary/aromatic N) is 1. The maximum Gasteiger partial charge on any atom is 0.433 e. The lowest BCUT2D eigenvalue weighted by Crippen LogP contribution is -2.04. The number of carbonyl (C=O) groups is 1. The number of thiophene rings is 1. The van der Waals surface area contributed by atoms with E-state index in [1.54, 1.807) is 12.1 Å². The van der Waals surface area contributed by atoms with Gasteiger partial charge >= 0.3 is 5.88 Å². The molecule has 0 aliphatic carbocycles. The molecule has 0 aliphatic rings. The Labute approximate surface area is 151 Å². The van der Waals surface area contributed by atoms with Crippen LogP contribution in [0.5, 0.6) is 0 Å². The van der Waals surface area contributed by atoms with E-state index in [1.165, 1.54) is 35.2 Å². The van der Waals surface area contributed by atoms with Crippen molar-refractivity contribution in [2.24, 2.45) is 0 Å². The molecule has 0 bridgehead atoms. The van der Waals surface area contributed by atoms with Crippen LogP contribution in [0.4, 0.5) is 11.6 Å². The van der Waals surface area contributed by atoms with E-state index in [9.17, 15) is 14.9 Å². The fourth-order valence-corrected chi connectivity index (χ4v) is 4.08. The van der Waals surface area contributed by atoms with Crippen molar-refractivity contribution >= 4 is 40.5 Å². The Morgan fingerprint density at radius 3 is 2.68 bits per heavy atom. The van der Waals surface area contributed by atoms with Crippen molar-refractivity contribution in [1.29, 1.82) is 0 Å². The number of anilines is 1. The number of furan rings is 1. The van der Waals surface area contributed by atoms with Gasteiger partial charge in [-0.3, -0.25) is 14.9 Å². The zero-order chi connectivity index (χ0) is 17.8. The van der Waals surface area contributed by atoms with Gasteiger partial charge in [0.15, 0.2) is 5.78 Å². The number of nitrogen functional groups attached to an aromatic ring is 1. The lowest BCUT2D eigenvalue weighted by atomic mass is 10.1. The first-order valence-corrected chi connectivity index (χ1v) is 9.12. The molecule has 1 aromatic carbocycles. The zero-order valence-corrected chi connectivity index (χ0v) is 14.6. The number of nitro groups is 1. The number of hydrogen-bond acceptors (Lipinski definition) is 7. The molecule has 0 unspecified atom stereocenters. The standard InChI is InChI=1S/C17H14N2O4S2/c18-11-4-1-2-5-14(11)25-16(10-12(20)15-6-3-9-24-15)13-7-8-17(23-13)19(21)22/h1-9,16H,10,18H2/t16-/m0/s1. The third-order valence-electron chi connectivity index (χ3n) is 3.46. The molecule has 0 radical (unpaired) electrons. The summed E-state index contributed by atoms with van der Waals surface area (Å²) in [6.45, 7) is 0. The number of nitrogens with two attached hydrogens (primary N) is 1. The Morgan fingerprint density at radius 2 is 2.04 bits per heavy atom. The van der Waals surface area contributed by atoms with Gasteiger partial charge in [-0.25, -0.2) is 0 Å². The number of thioether (sulfide) groups is 1. The van der Waals surface area contributed by atoms with Crippen LogP contribution in [0.3, 0.4) is 0 Å². The summed E-state index contributed by atoms with van der Waals surface area (Å²) in [6.07, 6.45) is 0.157. The Kier molecular flexibility index (Phi) is 5.20. The lowest BCUT2D eigenvalue weighted by Gasteiger charge is -2.14. The van der Waals surface area contributed by atoms with E-state index in [0.717, 1.165) is 4.90 Å². The smallest absolute Gasteiger partial charge is 0.405 e. The first-order valence-electron chi connectivity index (χ1n) is 7.36. The summed E-state index contributed by atoms with van der Waals surface area (Å²) >= 11 is 2.73. The highest BCUT2D eigenvalue weighted by molar-refractivity contribution is 7.99. The third-order valence-corrected chi connectivity index (χ3v) is 5.69. The van der Waals surface area contributed by atoms with Crippen molar-refractivity contribution in [3.8, 4) is 0 Å². The van der Waals surface area contributed by atoms with E-state index >= 15 is 0 Å². The van der Waals surface area contributed by atoms with Crippen molar-refractivity contribution in [2.75, 3.05) is 5.73 Å². The molecular weight excluding hydrogens is 360 g/mol. The molecule has 2 heterocycles. The van der Waals surface area contributed by atoms with E-state index in [-0.39, 0.29) is 18.1 Å². The number of para-hydroxylation sites is 1. The van der Waals surface area contributed by atoms with Crippen LogP contribution >= 0.6 is 23.1 Å². The van der Waals surface area contributed by atoms with Gasteiger partial charge in [0.1, 0.15) is 10.7 Å². The van der Waals surface area contributed by atoms with Gasteiger partial charge in [0.25, 0.3) is 0 Å². The van der Waals surface area contributed by atoms with Crippen molar-refractivity contribution < 1.29 is 14.1 Å². The SMILES string of the molecule is Nc1ccccc1S[C@@H](CC(=O)c1cccs1)c1ccc([N+](=O)[O-])o1. The Balaban J connectivity index is 1.88. The molecule has 3 aromatic rings. The minimum Gasteiger partial charge on any atom is -0.405 e. The molecule has 0 spiro atoms. The molecule has 6 nitrogen and oxygen atoms in total. The maximum absolute atomic E-state index is 12.5. The van der Waals surface area contributed by atoms with Crippen LogP contribution in [0.2, 0.25) is 0 Å². The zero-order valence-electron chi connectivity index (χ0n) is 13.0. The number of carbonyl (C=O) groups excluding carboxylic acids is 1. The largest absolute Gasteiger partial charge is 0.433 e. The van der Waals surface area contributed by atoms with Gasteiger partial charge in [-0.15, -0.1) is 23.1 Å². The van der Waals surface area contributed by atoms with Gasteiger partial charge in [-0.1, -0.05) is 18.2 Å². The molecule has 2 aromatic heterocycles. The molecule has 3 rings (SSSR count). The summed E-state index contributed by atoms with van der Waals surface area (Å²) < 4.78 is 5.33. The third kappa shape index (κ3) is 4.09. The second-order valence-electron chi connectivity index (χ2n) is 5.18. The highest BCUT2D eigenvalue weighted by Crippen LogP contribution is 2.42. The molecule has 0 amide bonds. The normalized spacial score (nSPS) is 12.0. The summed E-state index contributed by atoms with van der Waals surface area (Å²) in [5.41, 5.74) is 6.57. The highest BCUT2D eigenvalue weighted by Gasteiger charge is 2.25. The van der Waals surface area contributed by atoms with Gasteiger partial charge in [-0.2, -0.15) is 0 Å². The topological polar surface area (TPSA) is 99.4 Å². The number of ketones is 1. The van der Waals surface area contributed by atoms with Crippen LogP contribution in [-0.2, 0) is 0 Å². The average Bonchev–Trinajstić information content (AvgIpc) is 3.28. The minimum absolute atomic E-state index is 0.0407. The van der Waals surface area contributed by atoms with Gasteiger partial charge in [0.2, 0.25) is 0 Å². The van der Waals surface area contributed by atoms with Crippen LogP contribution in [0.1, 0.15) is 27.1 Å². The Morgan fingerprint density at radius 1 is 1.24 bits per heavy atom. The van der Waals surface area contributed by atoms with Crippen molar-refractivity contribution in [3.63, 3.8) is 0 Å². The summed E-state index contributed by atoms with van der Waals surface area (Å²) in [5.74, 6) is -0.00359. The van der Waals surface area contributed by atoms with Gasteiger partial charge < -0.3 is 10.2 Å². The fraction of sp³-hybridized carbons (Fsp3) is 0.118. The summed E-state index contributed by atoms with van der Waals surface area (Å²) in [4.78, 5) is 24.2. The van der Waals surface area contributed by atoms with E-state index in [4.69, 9.17) is 10.2 Å². The molecule has 8 heteroatoms. The van der Waals surface area contributed by atoms with Crippen LogP contribution in [0.15, 0.2) is 63.2 Å². The molecule has 2 N–H and O–H groups in total. The Bertz CT molecular complexity index is 890. The number of Topliss-reactive ketones (excluding diaryl/α,β-unsaturated/α-hetero) is 1. The van der Waals surface area contributed by atoms with Gasteiger partial charge in [0, 0.05) is 17.0 Å². The predicted octanol–water partition coefficient (Wildman–Crippen LogP) is 4.94. The van der Waals surface area contributed by atoms with Crippen LogP contribution in [0, 0.1) is 10.1 Å². The van der Waals surface area contributed by atoms with Gasteiger partial charge in [-0.05, 0) is 29.6 Å². The molecule has 0 saturated heterocycles. The van der Waals surface area contributed by atoms with Crippen molar-refractivity contribution in [2.45, 2.75) is 16.6 Å². The van der Waals surface area contributed by atoms with E-state index in [0.29, 0.717) is 16.3 Å². The Hall–Kier alpha value is -2.58. The maximum atomic E-state index is 12.5. The second-order valence-corrected chi connectivity index (χ2v) is 7.37. The monoisotopic (exact) mass is 374 g/mol. The average molecular weight is 374 g/mol.